The van der Waals surface area contributed by atoms with Gasteiger partial charge in [-0.05, 0) is 19.4 Å². The summed E-state index contributed by atoms with van der Waals surface area (Å²) in [6.07, 6.45) is -2.07. The van der Waals surface area contributed by atoms with Crippen LogP contribution < -0.4 is 9.46 Å². The van der Waals surface area contributed by atoms with Gasteiger partial charge >= 0.3 is 10.2 Å². The van der Waals surface area contributed by atoms with Crippen LogP contribution >= 0.6 is 11.8 Å². The van der Waals surface area contributed by atoms with E-state index in [2.05, 4.69) is 21.3 Å². The van der Waals surface area contributed by atoms with Crippen molar-refractivity contribution in [2.75, 3.05) is 30.7 Å². The predicted octanol–water partition coefficient (Wildman–Crippen LogP) is 2.02. The highest BCUT2D eigenvalue weighted by atomic mass is 32.2. The number of nitrogens with zero attached hydrogens (tertiary/aromatic N) is 3. The van der Waals surface area contributed by atoms with Gasteiger partial charge in [0.2, 0.25) is 5.88 Å². The Morgan fingerprint density at radius 2 is 2.07 bits per heavy atom. The van der Waals surface area contributed by atoms with Crippen LogP contribution in [0.5, 0.6) is 5.88 Å². The van der Waals surface area contributed by atoms with Gasteiger partial charge in [0, 0.05) is 25.4 Å². The van der Waals surface area contributed by atoms with Crippen molar-refractivity contribution in [2.24, 2.45) is 0 Å². The molecule has 1 heterocycles. The van der Waals surface area contributed by atoms with Crippen molar-refractivity contribution in [3.63, 3.8) is 0 Å². The first-order valence-electron chi connectivity index (χ1n) is 8.82. The summed E-state index contributed by atoms with van der Waals surface area (Å²) in [5.41, 5.74) is -0.133. The molecular formula is C17H26F2N4O5S2. The third-order valence-electron chi connectivity index (χ3n) is 3.80. The molecule has 0 bridgehead atoms. The number of aliphatic hydroxyl groups is 2. The van der Waals surface area contributed by atoms with Crippen LogP contribution in [0.25, 0.3) is 0 Å². The minimum absolute atomic E-state index is 0.000464. The Hall–Kier alpha value is -1.80. The van der Waals surface area contributed by atoms with Crippen molar-refractivity contribution in [2.45, 2.75) is 38.1 Å². The summed E-state index contributed by atoms with van der Waals surface area (Å²) in [4.78, 5) is 8.13. The number of hydrogen-bond donors (Lipinski definition) is 3. The number of nitrogens with one attached hydrogen (secondary N) is 1. The highest BCUT2D eigenvalue weighted by Gasteiger charge is 2.20. The molecule has 9 nitrogen and oxygen atoms in total. The van der Waals surface area contributed by atoms with E-state index in [9.17, 15) is 22.3 Å². The van der Waals surface area contributed by atoms with Crippen molar-refractivity contribution in [3.05, 3.63) is 29.9 Å². The van der Waals surface area contributed by atoms with E-state index < -0.39 is 40.7 Å². The Morgan fingerprint density at radius 1 is 1.43 bits per heavy atom. The molecule has 0 amide bonds. The largest absolute Gasteiger partial charge is 0.472 e. The maximum atomic E-state index is 13.6. The average Bonchev–Trinajstić information content (AvgIpc) is 2.69. The molecule has 0 saturated heterocycles. The molecule has 1 rings (SSSR count). The molecule has 170 valence electrons. The van der Waals surface area contributed by atoms with Crippen molar-refractivity contribution < 1.29 is 32.1 Å². The minimum Gasteiger partial charge on any atom is -0.472 e. The van der Waals surface area contributed by atoms with Crippen molar-refractivity contribution in [1.82, 2.24) is 14.3 Å². The zero-order valence-corrected chi connectivity index (χ0v) is 18.7. The van der Waals surface area contributed by atoms with E-state index in [1.54, 1.807) is 6.92 Å². The maximum absolute atomic E-state index is 13.6. The fraction of sp³-hybridized carbons (Fsp3) is 0.529. The molecule has 0 aliphatic rings. The molecule has 30 heavy (non-hydrogen) atoms. The van der Waals surface area contributed by atoms with Crippen LogP contribution in [0.2, 0.25) is 0 Å². The Balaban J connectivity index is 3.18. The Bertz CT molecular complexity index is 879. The molecule has 0 aliphatic carbocycles. The third kappa shape index (κ3) is 7.80. The Morgan fingerprint density at radius 3 is 2.60 bits per heavy atom. The lowest BCUT2D eigenvalue weighted by Crippen LogP contribution is -2.33. The zero-order valence-electron chi connectivity index (χ0n) is 17.1. The fourth-order valence-electron chi connectivity index (χ4n) is 1.84. The van der Waals surface area contributed by atoms with Crippen LogP contribution in [0.15, 0.2) is 35.0 Å². The Kier molecular flexibility index (Phi) is 10.1. The van der Waals surface area contributed by atoms with Gasteiger partial charge in [-0.1, -0.05) is 25.3 Å². The number of aromatic nitrogens is 2. The first-order valence-corrected chi connectivity index (χ1v) is 11.2. The van der Waals surface area contributed by atoms with Gasteiger partial charge < -0.3 is 14.9 Å². The number of anilines is 1. The summed E-state index contributed by atoms with van der Waals surface area (Å²) in [6, 6.07) is 1.20. The number of rotatable bonds is 12. The monoisotopic (exact) mass is 468 g/mol. The molecule has 0 fully saturated rings. The highest BCUT2D eigenvalue weighted by molar-refractivity contribution is 7.99. The molecule has 0 aromatic carbocycles. The van der Waals surface area contributed by atoms with Crippen LogP contribution in [-0.4, -0.2) is 71.1 Å². The molecule has 0 spiro atoms. The molecule has 2 atom stereocenters. The molecule has 0 unspecified atom stereocenters. The number of hydrogen-bond acceptors (Lipinski definition) is 8. The lowest BCUT2D eigenvalue weighted by molar-refractivity contribution is 0.00599. The minimum atomic E-state index is -3.90. The normalized spacial score (nSPS) is 14.8. The van der Waals surface area contributed by atoms with Crippen LogP contribution in [0.4, 0.5) is 14.6 Å². The number of thioether (sulfide) groups is 1. The van der Waals surface area contributed by atoms with E-state index in [1.807, 2.05) is 0 Å². The number of aliphatic hydroxyl groups excluding tert-OH is 2. The number of ether oxygens (including phenoxy) is 1. The molecule has 1 aromatic heterocycles. The number of halogens is 2. The standard InChI is InChI=1S/C17H26F2N4O5S2/c1-6-23(5)30(26,27)22-14-7-15(28-12(4)13(25)8-24)21-17(20-14)29-9-10(2)16(19)11(3)18/h7,12-13,24-25H,2,6,8-9H2,1,3-5H3,(H,20,21,22)/b16-11-/t12-,13+/m1/s1. The van der Waals surface area contributed by atoms with Crippen molar-refractivity contribution in [3.8, 4) is 5.88 Å². The van der Waals surface area contributed by atoms with E-state index >= 15 is 0 Å². The highest BCUT2D eigenvalue weighted by Crippen LogP contribution is 2.27. The second-order valence-corrected chi connectivity index (χ2v) is 8.93. The van der Waals surface area contributed by atoms with Gasteiger partial charge in [-0.2, -0.15) is 17.7 Å². The summed E-state index contributed by atoms with van der Waals surface area (Å²) in [6.45, 7) is 7.20. The second kappa shape index (κ2) is 11.6. The van der Waals surface area contributed by atoms with Crippen LogP contribution in [-0.2, 0) is 10.2 Å². The smallest absolute Gasteiger partial charge is 0.302 e. The predicted molar refractivity (Wildman–Crippen MR) is 111 cm³/mol. The molecular weight excluding hydrogens is 442 g/mol. The van der Waals surface area contributed by atoms with Gasteiger partial charge in [-0.25, -0.2) is 13.8 Å². The lowest BCUT2D eigenvalue weighted by Gasteiger charge is -2.20. The fourth-order valence-corrected chi connectivity index (χ4v) is 3.45. The Labute approximate surface area is 179 Å². The lowest BCUT2D eigenvalue weighted by atomic mass is 10.2. The first kappa shape index (κ1) is 26.2. The first-order chi connectivity index (χ1) is 13.9. The van der Waals surface area contributed by atoms with E-state index in [-0.39, 0.29) is 34.7 Å². The summed E-state index contributed by atoms with van der Waals surface area (Å²) in [5.74, 6) is -2.42. The molecule has 13 heteroatoms. The summed E-state index contributed by atoms with van der Waals surface area (Å²) in [5, 5.41) is 18.7. The van der Waals surface area contributed by atoms with Gasteiger partial charge in [0.1, 0.15) is 23.9 Å². The third-order valence-corrected chi connectivity index (χ3v) is 6.27. The molecule has 0 saturated carbocycles. The summed E-state index contributed by atoms with van der Waals surface area (Å²) >= 11 is 0.881. The molecule has 3 N–H and O–H groups in total. The van der Waals surface area contributed by atoms with E-state index in [0.717, 1.165) is 23.0 Å². The van der Waals surface area contributed by atoms with E-state index in [0.29, 0.717) is 0 Å². The van der Waals surface area contributed by atoms with Crippen LogP contribution in [0.1, 0.15) is 20.8 Å². The van der Waals surface area contributed by atoms with Gasteiger partial charge in [0.15, 0.2) is 11.0 Å². The topological polar surface area (TPSA) is 125 Å². The van der Waals surface area contributed by atoms with Crippen molar-refractivity contribution >= 4 is 27.8 Å². The summed E-state index contributed by atoms with van der Waals surface area (Å²) in [7, 11) is -2.53. The van der Waals surface area contributed by atoms with E-state index in [4.69, 9.17) is 9.84 Å². The second-order valence-electron chi connectivity index (χ2n) is 6.21. The number of allylic oxidation sites excluding steroid dienone is 2. The van der Waals surface area contributed by atoms with Gasteiger partial charge in [0.05, 0.1) is 6.61 Å². The van der Waals surface area contributed by atoms with Gasteiger partial charge in [-0.3, -0.25) is 4.72 Å². The SMILES string of the molecule is C=C(CSc1nc(NS(=O)(=O)N(C)CC)cc(O[C@H](C)[C@@H](O)CO)n1)/C(F)=C(\C)F. The molecule has 0 radical (unpaired) electrons. The molecule has 0 aliphatic heterocycles. The molecule has 1 aromatic rings. The quantitative estimate of drug-likeness (QED) is 0.242. The van der Waals surface area contributed by atoms with Crippen LogP contribution in [0, 0.1) is 0 Å². The van der Waals surface area contributed by atoms with Gasteiger partial charge in [-0.15, -0.1) is 0 Å². The van der Waals surface area contributed by atoms with Gasteiger partial charge in [0.25, 0.3) is 0 Å². The van der Waals surface area contributed by atoms with Crippen molar-refractivity contribution in [1.29, 1.82) is 0 Å². The maximum Gasteiger partial charge on any atom is 0.302 e. The summed E-state index contributed by atoms with van der Waals surface area (Å²) < 4.78 is 60.0. The average molecular weight is 469 g/mol. The zero-order chi connectivity index (χ0) is 23.1. The van der Waals surface area contributed by atoms with E-state index in [1.165, 1.54) is 20.0 Å². The van der Waals surface area contributed by atoms with Crippen LogP contribution in [0.3, 0.4) is 0 Å².